The predicted octanol–water partition coefficient (Wildman–Crippen LogP) is 1.88. The summed E-state index contributed by atoms with van der Waals surface area (Å²) in [6, 6.07) is 10.7. The van der Waals surface area contributed by atoms with Gasteiger partial charge in [-0.25, -0.2) is 4.98 Å². The van der Waals surface area contributed by atoms with Crippen molar-refractivity contribution in [3.05, 3.63) is 41.7 Å². The van der Waals surface area contributed by atoms with Gasteiger partial charge >= 0.3 is 0 Å². The van der Waals surface area contributed by atoms with Crippen molar-refractivity contribution in [1.29, 1.82) is 0 Å². The van der Waals surface area contributed by atoms with E-state index in [1.165, 1.54) is 0 Å². The summed E-state index contributed by atoms with van der Waals surface area (Å²) in [5.41, 5.74) is 3.39. The van der Waals surface area contributed by atoms with Crippen LogP contribution in [-0.4, -0.2) is 64.2 Å². The monoisotopic (exact) mass is 314 g/mol. The Morgan fingerprint density at radius 3 is 2.78 bits per heavy atom. The number of benzene rings is 1. The highest BCUT2D eigenvalue weighted by Gasteiger charge is 2.24. The molecular weight excluding hydrogens is 288 g/mol. The average Bonchev–Trinajstić information content (AvgIpc) is 2.93. The molecule has 3 rings (SSSR count). The number of aromatic amines is 1. The second kappa shape index (κ2) is 7.25. The van der Waals surface area contributed by atoms with Gasteiger partial charge < -0.3 is 15.0 Å². The number of nitrogens with one attached hydrogen (secondary N) is 1. The molecule has 1 saturated heterocycles. The van der Waals surface area contributed by atoms with Gasteiger partial charge in [-0.1, -0.05) is 30.3 Å². The summed E-state index contributed by atoms with van der Waals surface area (Å²) in [5, 5.41) is 9.22. The number of imidazole rings is 1. The van der Waals surface area contributed by atoms with Gasteiger partial charge in [-0.2, -0.15) is 0 Å². The number of hydrogen-bond donors (Lipinski definition) is 2. The number of aliphatic hydroxyl groups is 1. The third kappa shape index (κ3) is 3.80. The summed E-state index contributed by atoms with van der Waals surface area (Å²) in [6.07, 6.45) is 0.835. The van der Waals surface area contributed by atoms with Gasteiger partial charge in [0.15, 0.2) is 0 Å². The number of hydrogen-bond acceptors (Lipinski definition) is 4. The summed E-state index contributed by atoms with van der Waals surface area (Å²) in [5.74, 6) is 0.944. The minimum Gasteiger partial charge on any atom is -0.396 e. The van der Waals surface area contributed by atoms with Crippen molar-refractivity contribution < 1.29 is 5.11 Å². The van der Waals surface area contributed by atoms with Gasteiger partial charge in [0.2, 0.25) is 0 Å². The SMILES string of the molecule is Cc1[nH]c(-c2ccccc2)nc1CN1CCN(C)C(CCO)C1. The van der Waals surface area contributed by atoms with E-state index in [4.69, 9.17) is 4.98 Å². The molecule has 2 heterocycles. The van der Waals surface area contributed by atoms with Crippen LogP contribution < -0.4 is 0 Å². The molecule has 124 valence electrons. The summed E-state index contributed by atoms with van der Waals surface area (Å²) < 4.78 is 0. The highest BCUT2D eigenvalue weighted by Crippen LogP contribution is 2.20. The fraction of sp³-hybridized carbons (Fsp3) is 0.500. The lowest BCUT2D eigenvalue weighted by atomic mass is 10.1. The third-order valence-electron chi connectivity index (χ3n) is 4.73. The molecule has 1 atom stereocenters. The molecule has 1 unspecified atom stereocenters. The summed E-state index contributed by atoms with van der Waals surface area (Å²) in [7, 11) is 2.14. The number of rotatable bonds is 5. The molecule has 1 aliphatic rings. The first-order chi connectivity index (χ1) is 11.2. The van der Waals surface area contributed by atoms with Crippen molar-refractivity contribution in [3.8, 4) is 11.4 Å². The van der Waals surface area contributed by atoms with E-state index in [1.807, 2.05) is 18.2 Å². The molecule has 1 aromatic heterocycles. The van der Waals surface area contributed by atoms with Crippen LogP contribution in [0.25, 0.3) is 11.4 Å². The van der Waals surface area contributed by atoms with Crippen LogP contribution in [0.5, 0.6) is 0 Å². The average molecular weight is 314 g/mol. The Bertz CT molecular complexity index is 625. The fourth-order valence-corrected chi connectivity index (χ4v) is 3.21. The van der Waals surface area contributed by atoms with Gasteiger partial charge in [-0.15, -0.1) is 0 Å². The molecule has 2 aromatic rings. The highest BCUT2D eigenvalue weighted by atomic mass is 16.3. The molecule has 0 aliphatic carbocycles. The van der Waals surface area contributed by atoms with Crippen LogP contribution in [-0.2, 0) is 6.54 Å². The zero-order valence-corrected chi connectivity index (χ0v) is 14.0. The smallest absolute Gasteiger partial charge is 0.137 e. The molecule has 0 spiro atoms. The Labute approximate surface area is 138 Å². The van der Waals surface area contributed by atoms with E-state index >= 15 is 0 Å². The van der Waals surface area contributed by atoms with E-state index in [2.05, 4.69) is 40.9 Å². The summed E-state index contributed by atoms with van der Waals surface area (Å²) in [6.45, 7) is 6.29. The first-order valence-corrected chi connectivity index (χ1v) is 8.31. The molecule has 0 radical (unpaired) electrons. The van der Waals surface area contributed by atoms with Gasteiger partial charge in [0.25, 0.3) is 0 Å². The topological polar surface area (TPSA) is 55.4 Å². The van der Waals surface area contributed by atoms with E-state index in [0.29, 0.717) is 6.04 Å². The molecule has 1 aliphatic heterocycles. The van der Waals surface area contributed by atoms with Crippen molar-refractivity contribution in [2.45, 2.75) is 25.9 Å². The van der Waals surface area contributed by atoms with Crippen LogP contribution in [0.15, 0.2) is 30.3 Å². The minimum atomic E-state index is 0.252. The maximum atomic E-state index is 9.22. The quantitative estimate of drug-likeness (QED) is 0.885. The highest BCUT2D eigenvalue weighted by molar-refractivity contribution is 5.55. The molecule has 23 heavy (non-hydrogen) atoms. The number of aromatic nitrogens is 2. The Balaban J connectivity index is 1.70. The van der Waals surface area contributed by atoms with Crippen LogP contribution in [0.4, 0.5) is 0 Å². The third-order valence-corrected chi connectivity index (χ3v) is 4.73. The van der Waals surface area contributed by atoms with Crippen LogP contribution >= 0.6 is 0 Å². The molecule has 5 nitrogen and oxygen atoms in total. The van der Waals surface area contributed by atoms with Crippen molar-refractivity contribution >= 4 is 0 Å². The molecule has 5 heteroatoms. The molecule has 0 bridgehead atoms. The van der Waals surface area contributed by atoms with E-state index in [-0.39, 0.29) is 6.61 Å². The second-order valence-corrected chi connectivity index (χ2v) is 6.40. The van der Waals surface area contributed by atoms with Gasteiger partial charge in [0.05, 0.1) is 5.69 Å². The minimum absolute atomic E-state index is 0.252. The number of piperazine rings is 1. The Kier molecular flexibility index (Phi) is 5.10. The van der Waals surface area contributed by atoms with Gasteiger partial charge in [0, 0.05) is 50.1 Å². The Morgan fingerprint density at radius 2 is 2.04 bits per heavy atom. The predicted molar refractivity (Wildman–Crippen MR) is 92.2 cm³/mol. The molecular formula is C18H26N4O. The fourth-order valence-electron chi connectivity index (χ4n) is 3.21. The molecule has 2 N–H and O–H groups in total. The summed E-state index contributed by atoms with van der Waals surface area (Å²) in [4.78, 5) is 13.0. The molecule has 0 amide bonds. The van der Waals surface area contributed by atoms with Crippen molar-refractivity contribution in [2.75, 3.05) is 33.3 Å². The number of aryl methyl sites for hydroxylation is 1. The molecule has 1 aromatic carbocycles. The van der Waals surface area contributed by atoms with E-state index in [1.54, 1.807) is 0 Å². The van der Waals surface area contributed by atoms with Crippen molar-refractivity contribution in [3.63, 3.8) is 0 Å². The van der Waals surface area contributed by atoms with Gasteiger partial charge in [-0.05, 0) is 20.4 Å². The maximum absolute atomic E-state index is 9.22. The number of nitrogens with zero attached hydrogens (tertiary/aromatic N) is 3. The Hall–Kier alpha value is -1.69. The number of likely N-dealkylation sites (N-methyl/N-ethyl adjacent to an activating group) is 1. The molecule has 0 saturated carbocycles. The molecule has 1 fully saturated rings. The lowest BCUT2D eigenvalue weighted by Crippen LogP contribution is -2.51. The van der Waals surface area contributed by atoms with E-state index < -0.39 is 0 Å². The lowest BCUT2D eigenvalue weighted by Gasteiger charge is -2.39. The number of aliphatic hydroxyl groups excluding tert-OH is 1. The summed E-state index contributed by atoms with van der Waals surface area (Å²) >= 11 is 0. The van der Waals surface area contributed by atoms with Crippen LogP contribution in [0.1, 0.15) is 17.8 Å². The normalized spacial score (nSPS) is 20.0. The zero-order valence-electron chi connectivity index (χ0n) is 14.0. The first-order valence-electron chi connectivity index (χ1n) is 8.31. The zero-order chi connectivity index (χ0) is 16.2. The van der Waals surface area contributed by atoms with Crippen molar-refractivity contribution in [2.24, 2.45) is 0 Å². The Morgan fingerprint density at radius 1 is 1.26 bits per heavy atom. The second-order valence-electron chi connectivity index (χ2n) is 6.40. The van der Waals surface area contributed by atoms with E-state index in [9.17, 15) is 5.11 Å². The van der Waals surface area contributed by atoms with Gasteiger partial charge in [0.1, 0.15) is 5.82 Å². The number of H-pyrrole nitrogens is 1. The first kappa shape index (κ1) is 16.2. The van der Waals surface area contributed by atoms with Crippen LogP contribution in [0.2, 0.25) is 0 Å². The van der Waals surface area contributed by atoms with Crippen LogP contribution in [0.3, 0.4) is 0 Å². The lowest BCUT2D eigenvalue weighted by molar-refractivity contribution is 0.0735. The van der Waals surface area contributed by atoms with E-state index in [0.717, 1.165) is 55.4 Å². The standard InChI is InChI=1S/C18H26N4O/c1-14-17(20-18(19-14)15-6-4-3-5-7-15)13-22-10-9-21(2)16(12-22)8-11-23/h3-7,16,23H,8-13H2,1-2H3,(H,19,20). The van der Waals surface area contributed by atoms with Crippen LogP contribution in [0, 0.1) is 6.92 Å². The van der Waals surface area contributed by atoms with Crippen molar-refractivity contribution in [1.82, 2.24) is 19.8 Å². The largest absolute Gasteiger partial charge is 0.396 e. The maximum Gasteiger partial charge on any atom is 0.137 e. The van der Waals surface area contributed by atoms with Gasteiger partial charge in [-0.3, -0.25) is 4.90 Å².